The van der Waals surface area contributed by atoms with Crippen LogP contribution in [-0.4, -0.2) is 18.5 Å². The molecule has 2 aromatic carbocycles. The third kappa shape index (κ3) is 6.03. The summed E-state index contributed by atoms with van der Waals surface area (Å²) in [7, 11) is 0. The second-order valence-electron chi connectivity index (χ2n) is 6.27. The lowest BCUT2D eigenvalue weighted by Crippen LogP contribution is -2.11. The van der Waals surface area contributed by atoms with Gasteiger partial charge in [-0.15, -0.1) is 0 Å². The molecule has 0 aliphatic carbocycles. The highest BCUT2D eigenvalue weighted by Gasteiger charge is 2.08. The standard InChI is InChI=1S/C20H24O4/c1-15(2)13-23-19(21)8-5-9-20(22)24-14-16-10-11-17-6-3-4-7-18(17)12-16/h3-4,6-7,10-12,15H,5,8-9,13-14H2,1-2H3. The van der Waals surface area contributed by atoms with Crippen molar-refractivity contribution in [2.24, 2.45) is 5.92 Å². The number of rotatable bonds is 8. The summed E-state index contributed by atoms with van der Waals surface area (Å²) in [5.74, 6) is -0.230. The second kappa shape index (κ2) is 9.06. The van der Waals surface area contributed by atoms with Gasteiger partial charge in [0.1, 0.15) is 6.61 Å². The van der Waals surface area contributed by atoms with Crippen LogP contribution in [0.25, 0.3) is 10.8 Å². The minimum atomic E-state index is -0.292. The zero-order chi connectivity index (χ0) is 17.4. The number of benzene rings is 2. The van der Waals surface area contributed by atoms with Crippen LogP contribution in [-0.2, 0) is 25.7 Å². The van der Waals surface area contributed by atoms with Crippen LogP contribution < -0.4 is 0 Å². The van der Waals surface area contributed by atoms with Crippen LogP contribution in [0, 0.1) is 5.92 Å². The van der Waals surface area contributed by atoms with E-state index >= 15 is 0 Å². The molecule has 2 rings (SSSR count). The SMILES string of the molecule is CC(C)COC(=O)CCCC(=O)OCc1ccc2ccccc2c1. The van der Waals surface area contributed by atoms with Gasteiger partial charge < -0.3 is 9.47 Å². The zero-order valence-corrected chi connectivity index (χ0v) is 14.3. The molecule has 24 heavy (non-hydrogen) atoms. The van der Waals surface area contributed by atoms with E-state index < -0.39 is 0 Å². The Labute approximate surface area is 142 Å². The zero-order valence-electron chi connectivity index (χ0n) is 14.3. The number of hydrogen-bond acceptors (Lipinski definition) is 4. The number of fused-ring (bicyclic) bond motifs is 1. The molecule has 0 atom stereocenters. The fourth-order valence-corrected chi connectivity index (χ4v) is 2.27. The average Bonchev–Trinajstić information content (AvgIpc) is 2.58. The molecule has 0 aliphatic rings. The van der Waals surface area contributed by atoms with Crippen molar-refractivity contribution in [1.29, 1.82) is 0 Å². The predicted molar refractivity (Wildman–Crippen MR) is 93.4 cm³/mol. The first-order valence-corrected chi connectivity index (χ1v) is 8.33. The number of carbonyl (C=O) groups is 2. The lowest BCUT2D eigenvalue weighted by Gasteiger charge is -2.08. The van der Waals surface area contributed by atoms with Crippen LogP contribution in [0.3, 0.4) is 0 Å². The quantitative estimate of drug-likeness (QED) is 0.680. The van der Waals surface area contributed by atoms with Crippen molar-refractivity contribution < 1.29 is 19.1 Å². The maximum Gasteiger partial charge on any atom is 0.306 e. The first-order chi connectivity index (χ1) is 11.5. The molecule has 0 aromatic heterocycles. The largest absolute Gasteiger partial charge is 0.465 e. The van der Waals surface area contributed by atoms with Gasteiger partial charge in [-0.3, -0.25) is 9.59 Å². The highest BCUT2D eigenvalue weighted by molar-refractivity contribution is 5.83. The monoisotopic (exact) mass is 328 g/mol. The third-order valence-corrected chi connectivity index (χ3v) is 3.55. The fourth-order valence-electron chi connectivity index (χ4n) is 2.27. The van der Waals surface area contributed by atoms with Crippen molar-refractivity contribution in [3.05, 3.63) is 48.0 Å². The molecule has 128 valence electrons. The van der Waals surface area contributed by atoms with E-state index in [0.717, 1.165) is 16.3 Å². The predicted octanol–water partition coefficient (Wildman–Crippen LogP) is 4.25. The first-order valence-electron chi connectivity index (χ1n) is 8.33. The molecule has 0 fully saturated rings. The molecule has 0 bridgehead atoms. The van der Waals surface area contributed by atoms with E-state index in [4.69, 9.17) is 9.47 Å². The van der Waals surface area contributed by atoms with Crippen LogP contribution in [0.2, 0.25) is 0 Å². The van der Waals surface area contributed by atoms with Crippen LogP contribution in [0.4, 0.5) is 0 Å². The summed E-state index contributed by atoms with van der Waals surface area (Å²) in [6, 6.07) is 14.0. The molecular weight excluding hydrogens is 304 g/mol. The van der Waals surface area contributed by atoms with Crippen molar-refractivity contribution >= 4 is 22.7 Å². The van der Waals surface area contributed by atoms with Crippen molar-refractivity contribution in [1.82, 2.24) is 0 Å². The molecule has 0 radical (unpaired) electrons. The van der Waals surface area contributed by atoms with Gasteiger partial charge in [0, 0.05) is 12.8 Å². The Morgan fingerprint density at radius 1 is 0.917 bits per heavy atom. The van der Waals surface area contributed by atoms with Gasteiger partial charge in [0.2, 0.25) is 0 Å². The molecule has 0 N–H and O–H groups in total. The molecule has 4 heteroatoms. The van der Waals surface area contributed by atoms with Gasteiger partial charge in [-0.25, -0.2) is 0 Å². The van der Waals surface area contributed by atoms with Crippen LogP contribution in [0.15, 0.2) is 42.5 Å². The topological polar surface area (TPSA) is 52.6 Å². The molecule has 0 aliphatic heterocycles. The Morgan fingerprint density at radius 3 is 2.29 bits per heavy atom. The van der Waals surface area contributed by atoms with Crippen LogP contribution in [0.5, 0.6) is 0 Å². The molecule has 0 unspecified atom stereocenters. The molecule has 0 spiro atoms. The third-order valence-electron chi connectivity index (χ3n) is 3.55. The fraction of sp³-hybridized carbons (Fsp3) is 0.400. The second-order valence-corrected chi connectivity index (χ2v) is 6.27. The smallest absolute Gasteiger partial charge is 0.306 e. The van der Waals surface area contributed by atoms with Gasteiger partial charge in [-0.05, 0) is 34.7 Å². The summed E-state index contributed by atoms with van der Waals surface area (Å²) in [4.78, 5) is 23.2. The number of carbonyl (C=O) groups excluding carboxylic acids is 2. The average molecular weight is 328 g/mol. The van der Waals surface area contributed by atoms with Crippen molar-refractivity contribution in [3.63, 3.8) is 0 Å². The van der Waals surface area contributed by atoms with Gasteiger partial charge >= 0.3 is 11.9 Å². The number of esters is 2. The lowest BCUT2D eigenvalue weighted by molar-refractivity contribution is -0.146. The van der Waals surface area contributed by atoms with Gasteiger partial charge in [0.25, 0.3) is 0 Å². The van der Waals surface area contributed by atoms with Crippen molar-refractivity contribution in [2.45, 2.75) is 39.7 Å². The summed E-state index contributed by atoms with van der Waals surface area (Å²) in [6.07, 6.45) is 0.926. The van der Waals surface area contributed by atoms with Crippen LogP contribution >= 0.6 is 0 Å². The Morgan fingerprint density at radius 2 is 1.58 bits per heavy atom. The Kier molecular flexibility index (Phi) is 6.79. The van der Waals surface area contributed by atoms with E-state index in [2.05, 4.69) is 0 Å². The van der Waals surface area contributed by atoms with E-state index in [1.807, 2.05) is 56.3 Å². The molecular formula is C20H24O4. The van der Waals surface area contributed by atoms with E-state index in [1.54, 1.807) is 0 Å². The minimum Gasteiger partial charge on any atom is -0.465 e. The molecule has 4 nitrogen and oxygen atoms in total. The van der Waals surface area contributed by atoms with Gasteiger partial charge in [-0.1, -0.05) is 50.2 Å². The van der Waals surface area contributed by atoms with E-state index in [9.17, 15) is 9.59 Å². The van der Waals surface area contributed by atoms with Gasteiger partial charge in [0.15, 0.2) is 0 Å². The van der Waals surface area contributed by atoms with Crippen molar-refractivity contribution in [3.8, 4) is 0 Å². The maximum atomic E-state index is 11.8. The number of hydrogen-bond donors (Lipinski definition) is 0. The van der Waals surface area contributed by atoms with E-state index in [0.29, 0.717) is 18.9 Å². The van der Waals surface area contributed by atoms with Crippen LogP contribution in [0.1, 0.15) is 38.7 Å². The Hall–Kier alpha value is -2.36. The highest BCUT2D eigenvalue weighted by atomic mass is 16.5. The Balaban J connectivity index is 1.69. The summed E-state index contributed by atoms with van der Waals surface area (Å²) in [6.45, 7) is 4.64. The minimum absolute atomic E-state index is 0.227. The number of ether oxygens (including phenoxy) is 2. The summed E-state index contributed by atoms with van der Waals surface area (Å²) in [5.41, 5.74) is 0.957. The summed E-state index contributed by atoms with van der Waals surface area (Å²) < 4.78 is 10.3. The highest BCUT2D eigenvalue weighted by Crippen LogP contribution is 2.16. The van der Waals surface area contributed by atoms with Crippen molar-refractivity contribution in [2.75, 3.05) is 6.61 Å². The van der Waals surface area contributed by atoms with Gasteiger partial charge in [-0.2, -0.15) is 0 Å². The van der Waals surface area contributed by atoms with Gasteiger partial charge in [0.05, 0.1) is 6.61 Å². The lowest BCUT2D eigenvalue weighted by atomic mass is 10.1. The summed E-state index contributed by atoms with van der Waals surface area (Å²) >= 11 is 0. The Bertz CT molecular complexity index is 691. The first kappa shape index (κ1) is 18.0. The molecule has 0 heterocycles. The molecule has 0 saturated carbocycles. The van der Waals surface area contributed by atoms with E-state index in [-0.39, 0.29) is 31.4 Å². The maximum absolute atomic E-state index is 11.8. The summed E-state index contributed by atoms with van der Waals surface area (Å²) in [5, 5.41) is 2.28. The molecule has 0 amide bonds. The normalized spacial score (nSPS) is 10.8. The molecule has 0 saturated heterocycles. The molecule has 2 aromatic rings. The van der Waals surface area contributed by atoms with E-state index in [1.165, 1.54) is 0 Å².